The van der Waals surface area contributed by atoms with Crippen LogP contribution in [0.4, 0.5) is 4.79 Å². The van der Waals surface area contributed by atoms with Crippen LogP contribution in [0.15, 0.2) is 12.1 Å². The molecular weight excluding hydrogens is 296 g/mol. The molecule has 1 saturated heterocycles. The lowest BCUT2D eigenvalue weighted by Crippen LogP contribution is -2.42. The van der Waals surface area contributed by atoms with E-state index in [2.05, 4.69) is 24.4 Å². The van der Waals surface area contributed by atoms with Gasteiger partial charge < -0.3 is 15.0 Å². The molecule has 1 fully saturated rings. The summed E-state index contributed by atoms with van der Waals surface area (Å²) in [6, 6.07) is 4.66. The first kappa shape index (κ1) is 17.3. The predicted molar refractivity (Wildman–Crippen MR) is 91.5 cm³/mol. The second kappa shape index (κ2) is 9.16. The SMILES string of the molecule is CCOCCCNC(=O)N1CCCCC[C@H]1c1ccc(C)s1. The van der Waals surface area contributed by atoms with Crippen LogP contribution in [-0.2, 0) is 4.74 Å². The Morgan fingerprint density at radius 3 is 3.00 bits per heavy atom. The van der Waals surface area contributed by atoms with Crippen LogP contribution < -0.4 is 5.32 Å². The van der Waals surface area contributed by atoms with E-state index < -0.39 is 0 Å². The number of nitrogens with zero attached hydrogens (tertiary/aromatic N) is 1. The first-order valence-electron chi connectivity index (χ1n) is 8.41. The van der Waals surface area contributed by atoms with Gasteiger partial charge in [-0.1, -0.05) is 12.8 Å². The van der Waals surface area contributed by atoms with Gasteiger partial charge in [-0.3, -0.25) is 0 Å². The molecule has 1 N–H and O–H groups in total. The molecule has 1 atom stereocenters. The summed E-state index contributed by atoms with van der Waals surface area (Å²) in [5.74, 6) is 0. The third-order valence-corrected chi connectivity index (χ3v) is 5.15. The number of likely N-dealkylation sites (tertiary alicyclic amines) is 1. The maximum atomic E-state index is 12.6. The minimum Gasteiger partial charge on any atom is -0.382 e. The molecule has 1 aliphatic heterocycles. The van der Waals surface area contributed by atoms with Gasteiger partial charge in [0.15, 0.2) is 0 Å². The van der Waals surface area contributed by atoms with Gasteiger partial charge >= 0.3 is 6.03 Å². The van der Waals surface area contributed by atoms with Gasteiger partial charge in [0.25, 0.3) is 0 Å². The van der Waals surface area contributed by atoms with Crippen LogP contribution in [-0.4, -0.2) is 37.2 Å². The number of aryl methyl sites for hydroxylation is 1. The van der Waals surface area contributed by atoms with Crippen molar-refractivity contribution in [3.05, 3.63) is 21.9 Å². The lowest BCUT2D eigenvalue weighted by Gasteiger charge is -2.29. The number of hydrogen-bond acceptors (Lipinski definition) is 3. The monoisotopic (exact) mass is 324 g/mol. The van der Waals surface area contributed by atoms with Crippen molar-refractivity contribution in [2.75, 3.05) is 26.3 Å². The lowest BCUT2D eigenvalue weighted by atomic mass is 10.1. The van der Waals surface area contributed by atoms with E-state index in [1.807, 2.05) is 23.2 Å². The van der Waals surface area contributed by atoms with E-state index in [0.29, 0.717) is 13.2 Å². The highest BCUT2D eigenvalue weighted by atomic mass is 32.1. The predicted octanol–water partition coefficient (Wildman–Crippen LogP) is 4.11. The van der Waals surface area contributed by atoms with Gasteiger partial charge in [-0.15, -0.1) is 11.3 Å². The Kier molecular flexibility index (Phi) is 7.19. The van der Waals surface area contributed by atoms with Crippen LogP contribution in [0.1, 0.15) is 54.8 Å². The molecule has 0 bridgehead atoms. The van der Waals surface area contributed by atoms with Crippen LogP contribution in [0.25, 0.3) is 0 Å². The number of urea groups is 1. The van der Waals surface area contributed by atoms with E-state index in [-0.39, 0.29) is 12.1 Å². The lowest BCUT2D eigenvalue weighted by molar-refractivity contribution is 0.142. The third kappa shape index (κ3) is 4.99. The molecule has 22 heavy (non-hydrogen) atoms. The van der Waals surface area contributed by atoms with Gasteiger partial charge in [0.05, 0.1) is 6.04 Å². The molecule has 1 aromatic heterocycles. The average Bonchev–Trinajstić information content (AvgIpc) is 2.80. The molecule has 0 aliphatic carbocycles. The first-order chi connectivity index (χ1) is 10.7. The van der Waals surface area contributed by atoms with Crippen LogP contribution in [0.5, 0.6) is 0 Å². The van der Waals surface area contributed by atoms with Gasteiger partial charge in [0.2, 0.25) is 0 Å². The number of nitrogens with one attached hydrogen (secondary N) is 1. The summed E-state index contributed by atoms with van der Waals surface area (Å²) in [5, 5.41) is 3.06. The Hall–Kier alpha value is -1.07. The topological polar surface area (TPSA) is 41.6 Å². The molecule has 0 unspecified atom stereocenters. The third-order valence-electron chi connectivity index (χ3n) is 4.05. The van der Waals surface area contributed by atoms with Crippen molar-refractivity contribution in [2.45, 2.75) is 52.0 Å². The van der Waals surface area contributed by atoms with E-state index in [1.54, 1.807) is 0 Å². The summed E-state index contributed by atoms with van der Waals surface area (Å²) in [4.78, 5) is 17.2. The van der Waals surface area contributed by atoms with Crippen LogP contribution in [0.2, 0.25) is 0 Å². The van der Waals surface area contributed by atoms with Crippen molar-refractivity contribution in [3.8, 4) is 0 Å². The molecule has 0 aromatic carbocycles. The van der Waals surface area contributed by atoms with Crippen molar-refractivity contribution in [1.82, 2.24) is 10.2 Å². The average molecular weight is 324 g/mol. The van der Waals surface area contributed by atoms with Crippen molar-refractivity contribution >= 4 is 17.4 Å². The Bertz CT molecular complexity index is 461. The van der Waals surface area contributed by atoms with Crippen LogP contribution in [0.3, 0.4) is 0 Å². The second-order valence-electron chi connectivity index (χ2n) is 5.79. The highest BCUT2D eigenvalue weighted by molar-refractivity contribution is 7.12. The van der Waals surface area contributed by atoms with Crippen LogP contribution >= 0.6 is 11.3 Å². The fraction of sp³-hybridized carbons (Fsp3) is 0.706. The Balaban J connectivity index is 1.93. The molecule has 0 radical (unpaired) electrons. The molecule has 0 spiro atoms. The Morgan fingerprint density at radius 2 is 2.27 bits per heavy atom. The first-order valence-corrected chi connectivity index (χ1v) is 9.22. The summed E-state index contributed by atoms with van der Waals surface area (Å²) < 4.78 is 5.31. The van der Waals surface area contributed by atoms with E-state index in [0.717, 1.165) is 32.4 Å². The molecule has 2 heterocycles. The van der Waals surface area contributed by atoms with Gasteiger partial charge in [-0.2, -0.15) is 0 Å². The fourth-order valence-electron chi connectivity index (χ4n) is 2.90. The van der Waals surface area contributed by atoms with Gasteiger partial charge in [-0.05, 0) is 45.2 Å². The zero-order valence-electron chi connectivity index (χ0n) is 13.8. The highest BCUT2D eigenvalue weighted by Crippen LogP contribution is 2.34. The van der Waals surface area contributed by atoms with Crippen molar-refractivity contribution < 1.29 is 9.53 Å². The van der Waals surface area contributed by atoms with E-state index in [9.17, 15) is 4.79 Å². The van der Waals surface area contributed by atoms with Crippen molar-refractivity contribution in [2.24, 2.45) is 0 Å². The summed E-state index contributed by atoms with van der Waals surface area (Å²) in [5.41, 5.74) is 0. The molecule has 2 rings (SSSR count). The van der Waals surface area contributed by atoms with E-state index in [1.165, 1.54) is 22.6 Å². The molecule has 1 aliphatic rings. The number of rotatable bonds is 6. The number of hydrogen-bond donors (Lipinski definition) is 1. The van der Waals surface area contributed by atoms with Gasteiger partial charge in [0.1, 0.15) is 0 Å². The van der Waals surface area contributed by atoms with E-state index in [4.69, 9.17) is 4.74 Å². The number of carbonyl (C=O) groups excluding carboxylic acids is 1. The summed E-state index contributed by atoms with van der Waals surface area (Å²) in [6.45, 7) is 7.11. The normalized spacial score (nSPS) is 19.0. The summed E-state index contributed by atoms with van der Waals surface area (Å²) >= 11 is 1.82. The minimum absolute atomic E-state index is 0.0782. The maximum Gasteiger partial charge on any atom is 0.317 e. The van der Waals surface area contributed by atoms with Gasteiger partial charge in [-0.25, -0.2) is 4.79 Å². The minimum atomic E-state index is 0.0782. The molecular formula is C17H28N2O2S. The number of ether oxygens (including phenoxy) is 1. The standard InChI is InChI=1S/C17H28N2O2S/c1-3-21-13-7-11-18-17(20)19-12-6-4-5-8-15(19)16-10-9-14(2)22-16/h9-10,15H,3-8,11-13H2,1-2H3,(H,18,20)/t15-/m0/s1. The van der Waals surface area contributed by atoms with E-state index >= 15 is 0 Å². The molecule has 124 valence electrons. The van der Waals surface area contributed by atoms with Crippen LogP contribution in [0, 0.1) is 6.92 Å². The highest BCUT2D eigenvalue weighted by Gasteiger charge is 2.27. The smallest absolute Gasteiger partial charge is 0.317 e. The molecule has 0 saturated carbocycles. The van der Waals surface area contributed by atoms with Crippen molar-refractivity contribution in [3.63, 3.8) is 0 Å². The summed E-state index contributed by atoms with van der Waals surface area (Å²) in [6.07, 6.45) is 5.47. The second-order valence-corrected chi connectivity index (χ2v) is 7.11. The largest absolute Gasteiger partial charge is 0.382 e. The zero-order valence-corrected chi connectivity index (χ0v) is 14.6. The van der Waals surface area contributed by atoms with Crippen molar-refractivity contribution in [1.29, 1.82) is 0 Å². The Morgan fingerprint density at radius 1 is 1.41 bits per heavy atom. The fourth-order valence-corrected chi connectivity index (χ4v) is 3.92. The number of thiophene rings is 1. The molecule has 5 heteroatoms. The molecule has 2 amide bonds. The Labute approximate surface area is 137 Å². The number of amides is 2. The molecule has 4 nitrogen and oxygen atoms in total. The number of carbonyl (C=O) groups is 1. The summed E-state index contributed by atoms with van der Waals surface area (Å²) in [7, 11) is 0. The van der Waals surface area contributed by atoms with Gasteiger partial charge in [0, 0.05) is 36.1 Å². The quantitative estimate of drug-likeness (QED) is 0.800. The zero-order chi connectivity index (χ0) is 15.8. The molecule has 1 aromatic rings. The maximum absolute atomic E-state index is 12.6.